The second-order valence-corrected chi connectivity index (χ2v) is 6.52. The normalized spacial score (nSPS) is 22.4. The summed E-state index contributed by atoms with van der Waals surface area (Å²) in [5, 5.41) is 3.36. The van der Waals surface area contributed by atoms with Gasteiger partial charge in [0.25, 0.3) is 0 Å². The fraction of sp³-hybridized carbons (Fsp3) is 0.368. The minimum atomic E-state index is -4.31. The van der Waals surface area contributed by atoms with E-state index in [0.29, 0.717) is 0 Å². The molecule has 0 saturated carbocycles. The Morgan fingerprint density at radius 3 is 2.38 bits per heavy atom. The van der Waals surface area contributed by atoms with Crippen molar-refractivity contribution in [1.29, 1.82) is 0 Å². The maximum Gasteiger partial charge on any atom is 0.416 e. The third kappa shape index (κ3) is 3.86. The molecule has 2 aromatic carbocycles. The van der Waals surface area contributed by atoms with E-state index in [4.69, 9.17) is 0 Å². The van der Waals surface area contributed by atoms with Crippen molar-refractivity contribution in [3.63, 3.8) is 0 Å². The number of nitrogens with zero attached hydrogens (tertiary/aromatic N) is 1. The Kier molecular flexibility index (Phi) is 6.61. The Hall–Kier alpha value is -1.27. The number of hydrogen-bond donors (Lipinski definition) is 1. The van der Waals surface area contributed by atoms with Gasteiger partial charge >= 0.3 is 6.18 Å². The van der Waals surface area contributed by atoms with Crippen LogP contribution in [0, 0.1) is 0 Å². The molecule has 1 saturated heterocycles. The zero-order valence-corrected chi connectivity index (χ0v) is 15.6. The first kappa shape index (κ1) is 21.0. The summed E-state index contributed by atoms with van der Waals surface area (Å²) in [5.74, 6) is -0.0159. The largest absolute Gasteiger partial charge is 0.416 e. The first-order valence-electron chi connectivity index (χ1n) is 8.25. The molecule has 0 radical (unpaired) electrons. The number of halogens is 5. The highest BCUT2D eigenvalue weighted by atomic mass is 35.5. The number of fused-ring (bicyclic) bond motifs is 3. The Balaban J connectivity index is 0.00000121. The zero-order valence-electron chi connectivity index (χ0n) is 14.0. The van der Waals surface area contributed by atoms with E-state index in [1.807, 2.05) is 30.3 Å². The van der Waals surface area contributed by atoms with E-state index in [0.717, 1.165) is 42.9 Å². The molecular formula is C19H21Cl2F3N2. The highest BCUT2D eigenvalue weighted by Gasteiger charge is 2.38. The lowest BCUT2D eigenvalue weighted by Gasteiger charge is -2.44. The summed E-state index contributed by atoms with van der Waals surface area (Å²) >= 11 is 0. The van der Waals surface area contributed by atoms with Crippen LogP contribution in [0.1, 0.15) is 34.2 Å². The SMILES string of the molecule is Cl.Cl.FC(F)(F)c1ccc2c(c1)[C@H](c1ccccc1)CN1CCNC[C@@H]21. The Labute approximate surface area is 163 Å². The van der Waals surface area contributed by atoms with E-state index in [1.165, 1.54) is 12.1 Å². The first-order valence-corrected chi connectivity index (χ1v) is 8.25. The van der Waals surface area contributed by atoms with Gasteiger partial charge in [-0.05, 0) is 28.8 Å². The molecule has 4 rings (SSSR count). The molecule has 2 heterocycles. The van der Waals surface area contributed by atoms with Crippen LogP contribution in [0.3, 0.4) is 0 Å². The van der Waals surface area contributed by atoms with Gasteiger partial charge in [-0.1, -0.05) is 36.4 Å². The van der Waals surface area contributed by atoms with E-state index in [-0.39, 0.29) is 36.8 Å². The van der Waals surface area contributed by atoms with Crippen LogP contribution in [-0.4, -0.2) is 31.1 Å². The van der Waals surface area contributed by atoms with Crippen LogP contribution in [-0.2, 0) is 6.18 Å². The number of rotatable bonds is 1. The summed E-state index contributed by atoms with van der Waals surface area (Å²) in [4.78, 5) is 2.39. The second kappa shape index (κ2) is 8.17. The number of alkyl halides is 3. The third-order valence-corrected chi connectivity index (χ3v) is 5.12. The molecular weight excluding hydrogens is 384 g/mol. The topological polar surface area (TPSA) is 15.3 Å². The van der Waals surface area contributed by atoms with Gasteiger partial charge in [0, 0.05) is 38.1 Å². The number of nitrogens with one attached hydrogen (secondary N) is 1. The van der Waals surface area contributed by atoms with Crippen LogP contribution >= 0.6 is 24.8 Å². The van der Waals surface area contributed by atoms with E-state index < -0.39 is 11.7 Å². The number of piperazine rings is 1. The minimum Gasteiger partial charge on any atom is -0.314 e. The molecule has 2 atom stereocenters. The van der Waals surface area contributed by atoms with Crippen molar-refractivity contribution in [2.75, 3.05) is 26.2 Å². The van der Waals surface area contributed by atoms with Crippen molar-refractivity contribution >= 4 is 24.8 Å². The maximum atomic E-state index is 13.2. The molecule has 0 bridgehead atoms. The molecule has 26 heavy (non-hydrogen) atoms. The van der Waals surface area contributed by atoms with Crippen molar-refractivity contribution in [3.8, 4) is 0 Å². The van der Waals surface area contributed by atoms with Crippen LogP contribution in [0.5, 0.6) is 0 Å². The van der Waals surface area contributed by atoms with Crippen LogP contribution in [0.2, 0.25) is 0 Å². The fourth-order valence-corrected chi connectivity index (χ4v) is 3.93. The summed E-state index contributed by atoms with van der Waals surface area (Å²) in [6.45, 7) is 3.41. The number of benzene rings is 2. The van der Waals surface area contributed by atoms with Crippen molar-refractivity contribution in [1.82, 2.24) is 10.2 Å². The average Bonchev–Trinajstić information content (AvgIpc) is 2.60. The van der Waals surface area contributed by atoms with Crippen LogP contribution in [0.4, 0.5) is 13.2 Å². The molecule has 2 aromatic rings. The highest BCUT2D eigenvalue weighted by Crippen LogP contribution is 2.42. The summed E-state index contributed by atoms with van der Waals surface area (Å²) in [7, 11) is 0. The Morgan fingerprint density at radius 2 is 1.69 bits per heavy atom. The highest BCUT2D eigenvalue weighted by molar-refractivity contribution is 5.85. The third-order valence-electron chi connectivity index (χ3n) is 5.12. The predicted molar refractivity (Wildman–Crippen MR) is 101 cm³/mol. The van der Waals surface area contributed by atoms with Crippen LogP contribution in [0.25, 0.3) is 0 Å². The van der Waals surface area contributed by atoms with Gasteiger partial charge in [0.15, 0.2) is 0 Å². The molecule has 1 N–H and O–H groups in total. The molecule has 0 aromatic heterocycles. The van der Waals surface area contributed by atoms with Gasteiger partial charge in [-0.3, -0.25) is 4.90 Å². The molecule has 7 heteroatoms. The quantitative estimate of drug-likeness (QED) is 0.744. The van der Waals surface area contributed by atoms with Gasteiger partial charge < -0.3 is 5.32 Å². The van der Waals surface area contributed by atoms with Crippen molar-refractivity contribution < 1.29 is 13.2 Å². The number of hydrogen-bond acceptors (Lipinski definition) is 2. The van der Waals surface area contributed by atoms with E-state index in [1.54, 1.807) is 6.07 Å². The molecule has 0 amide bonds. The smallest absolute Gasteiger partial charge is 0.314 e. The Morgan fingerprint density at radius 1 is 0.962 bits per heavy atom. The molecule has 0 aliphatic carbocycles. The van der Waals surface area contributed by atoms with Gasteiger partial charge in [0.2, 0.25) is 0 Å². The summed E-state index contributed by atoms with van der Waals surface area (Å²) in [5.41, 5.74) is 2.37. The van der Waals surface area contributed by atoms with E-state index >= 15 is 0 Å². The summed E-state index contributed by atoms with van der Waals surface area (Å²) < 4.78 is 39.6. The fourth-order valence-electron chi connectivity index (χ4n) is 3.93. The van der Waals surface area contributed by atoms with Crippen LogP contribution < -0.4 is 5.32 Å². The Bertz CT molecular complexity index is 737. The summed E-state index contributed by atoms with van der Waals surface area (Å²) in [6, 6.07) is 14.3. The van der Waals surface area contributed by atoms with Crippen molar-refractivity contribution in [3.05, 3.63) is 70.8 Å². The van der Waals surface area contributed by atoms with E-state index in [9.17, 15) is 13.2 Å². The molecule has 0 spiro atoms. The lowest BCUT2D eigenvalue weighted by atomic mass is 9.80. The van der Waals surface area contributed by atoms with E-state index in [2.05, 4.69) is 10.2 Å². The van der Waals surface area contributed by atoms with Gasteiger partial charge in [-0.2, -0.15) is 13.2 Å². The van der Waals surface area contributed by atoms with Crippen LogP contribution in [0.15, 0.2) is 48.5 Å². The molecule has 2 nitrogen and oxygen atoms in total. The molecule has 142 valence electrons. The van der Waals surface area contributed by atoms with Crippen molar-refractivity contribution in [2.45, 2.75) is 18.1 Å². The lowest BCUT2D eigenvalue weighted by molar-refractivity contribution is -0.137. The minimum absolute atomic E-state index is 0. The molecule has 0 unspecified atom stereocenters. The van der Waals surface area contributed by atoms with Gasteiger partial charge in [-0.25, -0.2) is 0 Å². The molecule has 2 aliphatic heterocycles. The zero-order chi connectivity index (χ0) is 16.7. The van der Waals surface area contributed by atoms with Gasteiger partial charge in [-0.15, -0.1) is 24.8 Å². The molecule has 2 aliphatic rings. The first-order chi connectivity index (χ1) is 11.5. The van der Waals surface area contributed by atoms with Gasteiger partial charge in [0.1, 0.15) is 0 Å². The molecule has 1 fully saturated rings. The van der Waals surface area contributed by atoms with Gasteiger partial charge in [0.05, 0.1) is 5.56 Å². The standard InChI is InChI=1S/C19H19F3N2.2ClH/c20-19(21,22)14-6-7-15-16(10-14)17(13-4-2-1-3-5-13)12-24-9-8-23-11-18(15)24;;/h1-7,10,17-18,23H,8-9,11-12H2;2*1H/t17-,18-;;/m0../s1. The maximum absolute atomic E-state index is 13.2. The summed E-state index contributed by atoms with van der Waals surface area (Å²) in [6.07, 6.45) is -4.31. The lowest BCUT2D eigenvalue weighted by Crippen LogP contribution is -2.50. The average molecular weight is 405 g/mol. The van der Waals surface area contributed by atoms with Crippen molar-refractivity contribution in [2.24, 2.45) is 0 Å². The second-order valence-electron chi connectivity index (χ2n) is 6.52. The monoisotopic (exact) mass is 404 g/mol. The predicted octanol–water partition coefficient (Wildman–Crippen LogP) is 4.64.